The molecular weight excluding hydrogens is 711 g/mol. The van der Waals surface area contributed by atoms with E-state index in [1.54, 1.807) is 0 Å². The highest BCUT2D eigenvalue weighted by atomic mass is 15.1. The minimum atomic E-state index is -0.400. The van der Waals surface area contributed by atoms with Gasteiger partial charge in [-0.3, -0.25) is 0 Å². The molecule has 0 saturated carbocycles. The van der Waals surface area contributed by atoms with E-state index in [0.717, 1.165) is 11.4 Å². The summed E-state index contributed by atoms with van der Waals surface area (Å²) in [6, 6.07) is 79.2. The van der Waals surface area contributed by atoms with Crippen molar-refractivity contribution in [2.45, 2.75) is 24.7 Å². The summed E-state index contributed by atoms with van der Waals surface area (Å²) in [6.07, 6.45) is 0. The smallest absolute Gasteiger partial charge is 0.0725 e. The van der Waals surface area contributed by atoms with Gasteiger partial charge < -0.3 is 4.90 Å². The van der Waals surface area contributed by atoms with Crippen molar-refractivity contribution in [1.29, 1.82) is 0 Å². The Morgan fingerprint density at radius 1 is 0.322 bits per heavy atom. The summed E-state index contributed by atoms with van der Waals surface area (Å²) in [7, 11) is 0. The van der Waals surface area contributed by atoms with Crippen molar-refractivity contribution in [3.05, 3.63) is 246 Å². The molecule has 0 fully saturated rings. The van der Waals surface area contributed by atoms with Gasteiger partial charge in [-0.15, -0.1) is 0 Å². The second-order valence-corrected chi connectivity index (χ2v) is 16.8. The maximum Gasteiger partial charge on any atom is 0.0725 e. The van der Waals surface area contributed by atoms with Crippen molar-refractivity contribution in [2.24, 2.45) is 0 Å². The third kappa shape index (κ3) is 4.62. The molecule has 9 aromatic rings. The van der Waals surface area contributed by atoms with Gasteiger partial charge in [0.1, 0.15) is 0 Å². The predicted octanol–water partition coefficient (Wildman–Crippen LogP) is 15.1. The van der Waals surface area contributed by atoms with E-state index >= 15 is 0 Å². The first-order valence-corrected chi connectivity index (χ1v) is 20.8. The lowest BCUT2D eigenvalue weighted by molar-refractivity contribution is 0.661. The Morgan fingerprint density at radius 3 is 1.37 bits per heavy atom. The lowest BCUT2D eigenvalue weighted by Gasteiger charge is -2.35. The SMILES string of the molecule is CC1(C)c2ccccc2-c2cccc(N(c3ccc4c(c3)-c3ccccc3C43c4ccccc4-c4ccccc43)c3cccc(-c4ccccc4)c3-c3ccccc3)c21. The minimum absolute atomic E-state index is 0.227. The average Bonchev–Trinajstić information content (AvgIpc) is 3.86. The zero-order chi connectivity index (χ0) is 39.3. The topological polar surface area (TPSA) is 3.24 Å². The highest BCUT2D eigenvalue weighted by Crippen LogP contribution is 2.64. The summed E-state index contributed by atoms with van der Waals surface area (Å²) in [4.78, 5) is 2.58. The number of hydrogen-bond donors (Lipinski definition) is 0. The fourth-order valence-electron chi connectivity index (χ4n) is 11.1. The van der Waals surface area contributed by atoms with Crippen molar-refractivity contribution >= 4 is 17.1 Å². The van der Waals surface area contributed by atoms with Gasteiger partial charge in [-0.2, -0.15) is 0 Å². The van der Waals surface area contributed by atoms with Crippen molar-refractivity contribution in [3.63, 3.8) is 0 Å². The van der Waals surface area contributed by atoms with Crippen molar-refractivity contribution in [2.75, 3.05) is 4.90 Å². The molecule has 9 aromatic carbocycles. The Kier molecular flexibility index (Phi) is 7.26. The summed E-state index contributed by atoms with van der Waals surface area (Å²) >= 11 is 0. The molecule has 12 rings (SSSR count). The average molecular weight is 752 g/mol. The van der Waals surface area contributed by atoms with Crippen LogP contribution in [0.15, 0.2) is 212 Å². The number of hydrogen-bond acceptors (Lipinski definition) is 1. The zero-order valence-corrected chi connectivity index (χ0v) is 33.2. The maximum atomic E-state index is 2.58. The molecular formula is C58H41N. The standard InChI is InChI=1S/C58H41N/c1-57(2)48-29-13-9-25-44(48)46-28-18-34-54(56(46)57)59(53-33-17-27-41(38-19-5-3-6-20-38)55(53)39-21-7-4-8-22-39)40-35-36-52-47(37-40)45-26-12-16-32-51(45)58(52)49-30-14-10-23-42(49)43-24-11-15-31-50(43)58/h3-37H,1-2H3. The first-order chi connectivity index (χ1) is 29.1. The maximum absolute atomic E-state index is 2.58. The second kappa shape index (κ2) is 12.6. The number of anilines is 3. The molecule has 1 heteroatoms. The molecule has 0 aliphatic heterocycles. The van der Waals surface area contributed by atoms with Gasteiger partial charge in [0, 0.05) is 16.7 Å². The minimum Gasteiger partial charge on any atom is -0.309 e. The summed E-state index contributed by atoms with van der Waals surface area (Å²) in [5.41, 5.74) is 23.6. The molecule has 0 saturated heterocycles. The van der Waals surface area contributed by atoms with E-state index in [-0.39, 0.29) is 5.41 Å². The van der Waals surface area contributed by atoms with E-state index in [4.69, 9.17) is 0 Å². The fourth-order valence-corrected chi connectivity index (χ4v) is 11.1. The van der Waals surface area contributed by atoms with Crippen LogP contribution in [0.2, 0.25) is 0 Å². The van der Waals surface area contributed by atoms with E-state index in [0.29, 0.717) is 0 Å². The van der Waals surface area contributed by atoms with Crippen LogP contribution >= 0.6 is 0 Å². The second-order valence-electron chi connectivity index (χ2n) is 16.8. The molecule has 0 bridgehead atoms. The van der Waals surface area contributed by atoms with Crippen molar-refractivity contribution in [3.8, 4) is 55.6 Å². The van der Waals surface area contributed by atoms with Gasteiger partial charge in [0.05, 0.1) is 16.8 Å². The lowest BCUT2D eigenvalue weighted by Crippen LogP contribution is -2.26. The molecule has 59 heavy (non-hydrogen) atoms. The van der Waals surface area contributed by atoms with E-state index in [9.17, 15) is 0 Å². The monoisotopic (exact) mass is 751 g/mol. The molecule has 1 spiro atoms. The third-order valence-electron chi connectivity index (χ3n) is 13.5. The molecule has 3 aliphatic carbocycles. The zero-order valence-electron chi connectivity index (χ0n) is 33.2. The van der Waals surface area contributed by atoms with Gasteiger partial charge in [-0.1, -0.05) is 202 Å². The molecule has 3 aliphatic rings. The van der Waals surface area contributed by atoms with Crippen molar-refractivity contribution in [1.82, 2.24) is 0 Å². The van der Waals surface area contributed by atoms with Gasteiger partial charge in [0.25, 0.3) is 0 Å². The molecule has 0 N–H and O–H groups in total. The van der Waals surface area contributed by atoms with Gasteiger partial charge in [-0.05, 0) is 108 Å². The van der Waals surface area contributed by atoms with Crippen LogP contribution in [-0.2, 0) is 10.8 Å². The van der Waals surface area contributed by atoms with Crippen molar-refractivity contribution < 1.29 is 0 Å². The van der Waals surface area contributed by atoms with Gasteiger partial charge in [0.15, 0.2) is 0 Å². The Labute approximate surface area is 346 Å². The van der Waals surface area contributed by atoms with Crippen LogP contribution in [0.1, 0.15) is 47.2 Å². The summed E-state index contributed by atoms with van der Waals surface area (Å²) < 4.78 is 0. The molecule has 0 aromatic heterocycles. The molecule has 278 valence electrons. The summed E-state index contributed by atoms with van der Waals surface area (Å²) in [6.45, 7) is 4.80. The van der Waals surface area contributed by atoms with E-state index in [2.05, 4.69) is 231 Å². The van der Waals surface area contributed by atoms with Crippen LogP contribution in [0.3, 0.4) is 0 Å². The van der Waals surface area contributed by atoms with Gasteiger partial charge >= 0.3 is 0 Å². The first kappa shape index (κ1) is 33.9. The summed E-state index contributed by atoms with van der Waals surface area (Å²) in [5, 5.41) is 0. The first-order valence-electron chi connectivity index (χ1n) is 20.8. The highest BCUT2D eigenvalue weighted by Gasteiger charge is 2.51. The largest absolute Gasteiger partial charge is 0.309 e. The summed E-state index contributed by atoms with van der Waals surface area (Å²) in [5.74, 6) is 0. The van der Waals surface area contributed by atoms with E-state index in [1.165, 1.54) is 94.7 Å². The lowest BCUT2D eigenvalue weighted by atomic mass is 9.70. The number of fused-ring (bicyclic) bond motifs is 13. The predicted molar refractivity (Wildman–Crippen MR) is 246 cm³/mol. The Morgan fingerprint density at radius 2 is 0.763 bits per heavy atom. The number of nitrogens with zero attached hydrogens (tertiary/aromatic N) is 1. The van der Waals surface area contributed by atoms with Crippen LogP contribution in [0.25, 0.3) is 55.6 Å². The molecule has 0 radical (unpaired) electrons. The Hall–Kier alpha value is -7.22. The van der Waals surface area contributed by atoms with Crippen LogP contribution in [0.4, 0.5) is 17.1 Å². The highest BCUT2D eigenvalue weighted by molar-refractivity contribution is 6.01. The molecule has 0 heterocycles. The molecule has 1 nitrogen and oxygen atoms in total. The number of benzene rings is 9. The van der Waals surface area contributed by atoms with Crippen LogP contribution in [-0.4, -0.2) is 0 Å². The van der Waals surface area contributed by atoms with E-state index < -0.39 is 5.41 Å². The molecule has 0 atom stereocenters. The third-order valence-corrected chi connectivity index (χ3v) is 13.5. The van der Waals surface area contributed by atoms with E-state index in [1.807, 2.05) is 0 Å². The number of rotatable bonds is 5. The Bertz CT molecular complexity index is 3090. The fraction of sp³-hybridized carbons (Fsp3) is 0.0690. The van der Waals surface area contributed by atoms with Crippen LogP contribution in [0.5, 0.6) is 0 Å². The van der Waals surface area contributed by atoms with Crippen LogP contribution < -0.4 is 4.90 Å². The Balaban J connectivity index is 1.18. The quantitative estimate of drug-likeness (QED) is 0.169. The molecule has 0 amide bonds. The van der Waals surface area contributed by atoms with Gasteiger partial charge in [0.2, 0.25) is 0 Å². The molecule has 0 unspecified atom stereocenters. The normalized spacial score (nSPS) is 14.2. The van der Waals surface area contributed by atoms with Gasteiger partial charge in [-0.25, -0.2) is 0 Å². The van der Waals surface area contributed by atoms with Crippen LogP contribution in [0, 0.1) is 0 Å².